The molecule has 1 aromatic heterocycles. The molecule has 0 aliphatic carbocycles. The van der Waals surface area contributed by atoms with E-state index in [-0.39, 0.29) is 18.3 Å². The van der Waals surface area contributed by atoms with Gasteiger partial charge in [0.2, 0.25) is 0 Å². The lowest BCUT2D eigenvalue weighted by Crippen LogP contribution is -2.36. The van der Waals surface area contributed by atoms with Crippen LogP contribution in [0.2, 0.25) is 5.02 Å². The standard InChI is InChI=1S/C11H13ClN2O2.ClH/c12-9-1-2-10(13-7-9)14-5-3-8(4-6-14)11(15)16;/h1-2,7-8H,3-6H2,(H,15,16);1H. The number of carboxylic acids is 1. The van der Waals surface area contributed by atoms with Gasteiger partial charge in [-0.05, 0) is 25.0 Å². The van der Waals surface area contributed by atoms with Gasteiger partial charge in [0.15, 0.2) is 0 Å². The van der Waals surface area contributed by atoms with Crippen LogP contribution < -0.4 is 4.90 Å². The lowest BCUT2D eigenvalue weighted by molar-refractivity contribution is -0.142. The number of aromatic nitrogens is 1. The van der Waals surface area contributed by atoms with Crippen LogP contribution in [-0.2, 0) is 4.79 Å². The molecule has 0 radical (unpaired) electrons. The molecule has 17 heavy (non-hydrogen) atoms. The van der Waals surface area contributed by atoms with Crippen molar-refractivity contribution in [2.45, 2.75) is 12.8 Å². The van der Waals surface area contributed by atoms with Crippen molar-refractivity contribution in [2.24, 2.45) is 5.92 Å². The number of nitrogens with zero attached hydrogens (tertiary/aromatic N) is 2. The number of halogens is 2. The fourth-order valence-corrected chi connectivity index (χ4v) is 2.02. The molecule has 0 aromatic carbocycles. The molecule has 94 valence electrons. The van der Waals surface area contributed by atoms with Crippen LogP contribution in [0.5, 0.6) is 0 Å². The summed E-state index contributed by atoms with van der Waals surface area (Å²) >= 11 is 5.76. The van der Waals surface area contributed by atoms with Gasteiger partial charge >= 0.3 is 5.97 Å². The Labute approximate surface area is 111 Å². The molecule has 0 unspecified atom stereocenters. The van der Waals surface area contributed by atoms with Crippen LogP contribution in [0, 0.1) is 5.92 Å². The zero-order valence-electron chi connectivity index (χ0n) is 9.17. The molecule has 0 saturated carbocycles. The third-order valence-corrected chi connectivity index (χ3v) is 3.10. The highest BCUT2D eigenvalue weighted by Crippen LogP contribution is 2.22. The number of anilines is 1. The van der Waals surface area contributed by atoms with Gasteiger partial charge < -0.3 is 10.0 Å². The van der Waals surface area contributed by atoms with Gasteiger partial charge in [0, 0.05) is 19.3 Å². The Bertz CT molecular complexity index is 376. The van der Waals surface area contributed by atoms with Gasteiger partial charge in [-0.3, -0.25) is 4.79 Å². The highest BCUT2D eigenvalue weighted by Gasteiger charge is 2.24. The van der Waals surface area contributed by atoms with Gasteiger partial charge in [-0.1, -0.05) is 11.6 Å². The second-order valence-corrected chi connectivity index (χ2v) is 4.37. The molecule has 1 N–H and O–H groups in total. The summed E-state index contributed by atoms with van der Waals surface area (Å²) in [4.78, 5) is 17.1. The van der Waals surface area contributed by atoms with Crippen molar-refractivity contribution in [1.29, 1.82) is 0 Å². The summed E-state index contributed by atoms with van der Waals surface area (Å²) in [5, 5.41) is 9.49. The van der Waals surface area contributed by atoms with E-state index in [4.69, 9.17) is 16.7 Å². The first-order valence-corrected chi connectivity index (χ1v) is 5.64. The molecular weight excluding hydrogens is 263 g/mol. The lowest BCUT2D eigenvalue weighted by Gasteiger charge is -2.30. The van der Waals surface area contributed by atoms with E-state index in [1.54, 1.807) is 12.3 Å². The van der Waals surface area contributed by atoms with Crippen molar-refractivity contribution in [3.8, 4) is 0 Å². The number of carboxylic acid groups (broad SMARTS) is 1. The van der Waals surface area contributed by atoms with Gasteiger partial charge in [-0.2, -0.15) is 0 Å². The third kappa shape index (κ3) is 3.48. The summed E-state index contributed by atoms with van der Waals surface area (Å²) in [6.07, 6.45) is 2.97. The van der Waals surface area contributed by atoms with Crippen LogP contribution in [0.1, 0.15) is 12.8 Å². The third-order valence-electron chi connectivity index (χ3n) is 2.88. The highest BCUT2D eigenvalue weighted by molar-refractivity contribution is 6.30. The molecule has 1 aromatic rings. The van der Waals surface area contributed by atoms with Gasteiger partial charge in [0.1, 0.15) is 5.82 Å². The lowest BCUT2D eigenvalue weighted by atomic mass is 9.97. The predicted molar refractivity (Wildman–Crippen MR) is 69.1 cm³/mol. The Kier molecular flexibility index (Phi) is 5.02. The second-order valence-electron chi connectivity index (χ2n) is 3.93. The monoisotopic (exact) mass is 276 g/mol. The fraction of sp³-hybridized carbons (Fsp3) is 0.455. The Morgan fingerprint density at radius 3 is 2.53 bits per heavy atom. The first-order valence-electron chi connectivity index (χ1n) is 5.26. The average molecular weight is 277 g/mol. The number of rotatable bonds is 2. The van der Waals surface area contributed by atoms with E-state index in [9.17, 15) is 4.79 Å². The molecule has 1 saturated heterocycles. The summed E-state index contributed by atoms with van der Waals surface area (Å²) in [6, 6.07) is 3.66. The Morgan fingerprint density at radius 1 is 1.41 bits per heavy atom. The van der Waals surface area contributed by atoms with Crippen molar-refractivity contribution in [2.75, 3.05) is 18.0 Å². The molecule has 0 atom stereocenters. The van der Waals surface area contributed by atoms with E-state index >= 15 is 0 Å². The maximum absolute atomic E-state index is 10.8. The van der Waals surface area contributed by atoms with Gasteiger partial charge in [-0.25, -0.2) is 4.98 Å². The average Bonchev–Trinajstić information content (AvgIpc) is 2.30. The SMILES string of the molecule is Cl.O=C(O)C1CCN(c2ccc(Cl)cn2)CC1. The maximum Gasteiger partial charge on any atom is 0.306 e. The van der Waals surface area contributed by atoms with Crippen molar-refractivity contribution < 1.29 is 9.90 Å². The molecule has 1 fully saturated rings. The van der Waals surface area contributed by atoms with Crippen molar-refractivity contribution in [3.05, 3.63) is 23.4 Å². The van der Waals surface area contributed by atoms with Crippen LogP contribution in [0.3, 0.4) is 0 Å². The van der Waals surface area contributed by atoms with Crippen LogP contribution in [0.25, 0.3) is 0 Å². The largest absolute Gasteiger partial charge is 0.481 e. The van der Waals surface area contributed by atoms with Gasteiger partial charge in [0.25, 0.3) is 0 Å². The van der Waals surface area contributed by atoms with Crippen molar-refractivity contribution in [3.63, 3.8) is 0 Å². The van der Waals surface area contributed by atoms with E-state index in [0.29, 0.717) is 17.9 Å². The summed E-state index contributed by atoms with van der Waals surface area (Å²) in [5.41, 5.74) is 0. The molecule has 0 amide bonds. The minimum atomic E-state index is -0.691. The highest BCUT2D eigenvalue weighted by atomic mass is 35.5. The number of pyridine rings is 1. The van der Waals surface area contributed by atoms with Crippen LogP contribution in [0.15, 0.2) is 18.3 Å². The Hall–Kier alpha value is -1.00. The summed E-state index contributed by atoms with van der Waals surface area (Å²) in [7, 11) is 0. The van der Waals surface area contributed by atoms with E-state index in [1.165, 1.54) is 0 Å². The van der Waals surface area contributed by atoms with Crippen LogP contribution >= 0.6 is 24.0 Å². The molecular formula is C11H14Cl2N2O2. The van der Waals surface area contributed by atoms with E-state index in [0.717, 1.165) is 18.9 Å². The molecule has 0 bridgehead atoms. The summed E-state index contributed by atoms with van der Waals surface area (Å²) < 4.78 is 0. The zero-order valence-corrected chi connectivity index (χ0v) is 10.7. The molecule has 1 aliphatic rings. The predicted octanol–water partition coefficient (Wildman–Crippen LogP) is 2.46. The van der Waals surface area contributed by atoms with E-state index < -0.39 is 5.97 Å². The topological polar surface area (TPSA) is 53.4 Å². The number of hydrogen-bond acceptors (Lipinski definition) is 3. The van der Waals surface area contributed by atoms with E-state index in [2.05, 4.69) is 9.88 Å². The summed E-state index contributed by atoms with van der Waals surface area (Å²) in [5.74, 6) is -0.0273. The quantitative estimate of drug-likeness (QED) is 0.902. The normalized spacial score (nSPS) is 16.4. The molecule has 2 heterocycles. The minimum Gasteiger partial charge on any atom is -0.481 e. The van der Waals surface area contributed by atoms with Crippen LogP contribution in [0.4, 0.5) is 5.82 Å². The Balaban J connectivity index is 0.00000144. The zero-order chi connectivity index (χ0) is 11.5. The Morgan fingerprint density at radius 2 is 2.06 bits per heavy atom. The maximum atomic E-state index is 10.8. The molecule has 1 aliphatic heterocycles. The van der Waals surface area contributed by atoms with E-state index in [1.807, 2.05) is 6.07 Å². The van der Waals surface area contributed by atoms with Crippen molar-refractivity contribution >= 4 is 35.8 Å². The molecule has 6 heteroatoms. The first kappa shape index (κ1) is 14.1. The van der Waals surface area contributed by atoms with Crippen molar-refractivity contribution in [1.82, 2.24) is 4.98 Å². The summed E-state index contributed by atoms with van der Waals surface area (Å²) in [6.45, 7) is 1.48. The molecule has 0 spiro atoms. The van der Waals surface area contributed by atoms with Gasteiger partial charge in [-0.15, -0.1) is 12.4 Å². The van der Waals surface area contributed by atoms with Crippen LogP contribution in [-0.4, -0.2) is 29.1 Å². The smallest absolute Gasteiger partial charge is 0.306 e. The number of piperidine rings is 1. The molecule has 4 nitrogen and oxygen atoms in total. The fourth-order valence-electron chi connectivity index (χ4n) is 1.91. The molecule has 2 rings (SSSR count). The first-order chi connectivity index (χ1) is 7.66. The number of carbonyl (C=O) groups is 1. The number of aliphatic carboxylic acids is 1. The second kappa shape index (κ2) is 6.07. The number of hydrogen-bond donors (Lipinski definition) is 1. The van der Waals surface area contributed by atoms with Gasteiger partial charge in [0.05, 0.1) is 10.9 Å². The minimum absolute atomic E-state index is 0.